The highest BCUT2D eigenvalue weighted by molar-refractivity contribution is 6.06. The van der Waals surface area contributed by atoms with Gasteiger partial charge in [-0.15, -0.1) is 0 Å². The monoisotopic (exact) mass is 287 g/mol. The number of aromatic nitrogens is 1. The Labute approximate surface area is 120 Å². The number of anilines is 2. The molecule has 1 aromatic heterocycles. The fraction of sp³-hybridized carbons (Fsp3) is 0.0714. The van der Waals surface area contributed by atoms with Crippen LogP contribution in [-0.2, 0) is 0 Å². The summed E-state index contributed by atoms with van der Waals surface area (Å²) < 4.78 is 5.10. The fourth-order valence-electron chi connectivity index (χ4n) is 1.68. The Hall–Kier alpha value is -3.09. The highest BCUT2D eigenvalue weighted by Crippen LogP contribution is 2.22. The molecule has 7 nitrogen and oxygen atoms in total. The Bertz CT molecular complexity index is 683. The molecule has 0 atom stereocenters. The number of nitrogen functional groups attached to an aromatic ring is 1. The van der Waals surface area contributed by atoms with Gasteiger partial charge in [0.1, 0.15) is 11.6 Å². The van der Waals surface area contributed by atoms with Crippen LogP contribution in [0.15, 0.2) is 36.5 Å². The lowest BCUT2D eigenvalue weighted by Gasteiger charge is -2.09. The first-order chi connectivity index (χ1) is 10.0. The number of ether oxygens (including phenoxy) is 1. The molecule has 2 aromatic rings. The van der Waals surface area contributed by atoms with E-state index < -0.39 is 11.9 Å². The number of rotatable bonds is 4. The third-order valence-corrected chi connectivity index (χ3v) is 2.72. The number of benzene rings is 1. The Morgan fingerprint density at radius 1 is 1.29 bits per heavy atom. The van der Waals surface area contributed by atoms with Gasteiger partial charge in [-0.25, -0.2) is 9.78 Å². The number of carbonyl (C=O) groups excluding carboxylic acids is 1. The van der Waals surface area contributed by atoms with Crippen molar-refractivity contribution >= 4 is 23.4 Å². The third-order valence-electron chi connectivity index (χ3n) is 2.72. The minimum atomic E-state index is -1.09. The number of pyridine rings is 1. The van der Waals surface area contributed by atoms with Gasteiger partial charge in [-0.2, -0.15) is 0 Å². The largest absolute Gasteiger partial charge is 0.496 e. The fourth-order valence-corrected chi connectivity index (χ4v) is 1.68. The standard InChI is InChI=1S/C14H13N3O4/c1-21-11-4-3-9(15)6-10(11)13(18)17-12-5-2-8(7-16-12)14(19)20/h2-7H,15H2,1H3,(H,19,20)(H,16,17,18). The maximum atomic E-state index is 12.2. The first-order valence-electron chi connectivity index (χ1n) is 5.95. The summed E-state index contributed by atoms with van der Waals surface area (Å²) in [5, 5.41) is 11.3. The van der Waals surface area contributed by atoms with Gasteiger partial charge in [0.15, 0.2) is 0 Å². The predicted octanol–water partition coefficient (Wildman–Crippen LogP) is 1.62. The van der Waals surface area contributed by atoms with E-state index in [1.807, 2.05) is 0 Å². The van der Waals surface area contributed by atoms with Crippen molar-refractivity contribution in [1.29, 1.82) is 0 Å². The lowest BCUT2D eigenvalue weighted by Crippen LogP contribution is -2.14. The van der Waals surface area contributed by atoms with Crippen LogP contribution in [0, 0.1) is 0 Å². The van der Waals surface area contributed by atoms with E-state index in [2.05, 4.69) is 10.3 Å². The zero-order valence-electron chi connectivity index (χ0n) is 11.2. The molecule has 0 fully saturated rings. The maximum Gasteiger partial charge on any atom is 0.337 e. The number of carbonyl (C=O) groups is 2. The summed E-state index contributed by atoms with van der Waals surface area (Å²) in [7, 11) is 1.45. The van der Waals surface area contributed by atoms with Crippen LogP contribution in [0.1, 0.15) is 20.7 Å². The van der Waals surface area contributed by atoms with Crippen molar-refractivity contribution in [3.63, 3.8) is 0 Å². The van der Waals surface area contributed by atoms with E-state index >= 15 is 0 Å². The minimum Gasteiger partial charge on any atom is -0.496 e. The van der Waals surface area contributed by atoms with E-state index in [-0.39, 0.29) is 16.9 Å². The van der Waals surface area contributed by atoms with Crippen LogP contribution in [0.4, 0.5) is 11.5 Å². The van der Waals surface area contributed by atoms with Crippen molar-refractivity contribution in [1.82, 2.24) is 4.98 Å². The van der Waals surface area contributed by atoms with E-state index in [4.69, 9.17) is 15.6 Å². The number of carboxylic acids is 1. The number of hydrogen-bond acceptors (Lipinski definition) is 5. The summed E-state index contributed by atoms with van der Waals surface area (Å²) in [5.41, 5.74) is 6.38. The molecule has 0 spiro atoms. The molecular formula is C14H13N3O4. The molecule has 1 aromatic carbocycles. The van der Waals surface area contributed by atoms with Crippen LogP contribution in [0.25, 0.3) is 0 Å². The van der Waals surface area contributed by atoms with Crippen LogP contribution in [0.2, 0.25) is 0 Å². The molecule has 108 valence electrons. The van der Waals surface area contributed by atoms with Crippen LogP contribution in [-0.4, -0.2) is 29.1 Å². The molecule has 4 N–H and O–H groups in total. The summed E-state index contributed by atoms with van der Waals surface area (Å²) >= 11 is 0. The molecule has 1 amide bonds. The molecular weight excluding hydrogens is 274 g/mol. The lowest BCUT2D eigenvalue weighted by molar-refractivity contribution is 0.0696. The Balaban J connectivity index is 2.21. The summed E-state index contributed by atoms with van der Waals surface area (Å²) in [6, 6.07) is 7.45. The molecule has 21 heavy (non-hydrogen) atoms. The molecule has 0 bridgehead atoms. The SMILES string of the molecule is COc1ccc(N)cc1C(=O)Nc1ccc(C(=O)O)cn1. The first-order valence-corrected chi connectivity index (χ1v) is 5.95. The number of carboxylic acid groups (broad SMARTS) is 1. The molecule has 0 aliphatic carbocycles. The predicted molar refractivity (Wildman–Crippen MR) is 76.6 cm³/mol. The van der Waals surface area contributed by atoms with Gasteiger partial charge in [-0.3, -0.25) is 4.79 Å². The normalized spacial score (nSPS) is 9.95. The molecule has 2 rings (SSSR count). The van der Waals surface area contributed by atoms with Crippen molar-refractivity contribution in [2.24, 2.45) is 0 Å². The van der Waals surface area contributed by atoms with Gasteiger partial charge in [-0.05, 0) is 30.3 Å². The molecule has 0 radical (unpaired) electrons. The van der Waals surface area contributed by atoms with Crippen molar-refractivity contribution < 1.29 is 19.4 Å². The van der Waals surface area contributed by atoms with Crippen LogP contribution < -0.4 is 15.8 Å². The number of nitrogens with zero attached hydrogens (tertiary/aromatic N) is 1. The summed E-state index contributed by atoms with van der Waals surface area (Å²) in [5.74, 6) is -0.925. The van der Waals surface area contributed by atoms with Gasteiger partial charge in [-0.1, -0.05) is 0 Å². The average molecular weight is 287 g/mol. The van der Waals surface area contributed by atoms with Crippen LogP contribution in [0.5, 0.6) is 5.75 Å². The highest BCUT2D eigenvalue weighted by atomic mass is 16.5. The summed E-state index contributed by atoms with van der Waals surface area (Å²) in [4.78, 5) is 26.7. The number of nitrogens with two attached hydrogens (primary N) is 1. The second kappa shape index (κ2) is 5.91. The lowest BCUT2D eigenvalue weighted by atomic mass is 10.1. The van der Waals surface area contributed by atoms with Gasteiger partial charge in [0.2, 0.25) is 0 Å². The van der Waals surface area contributed by atoms with Crippen LogP contribution >= 0.6 is 0 Å². The zero-order valence-corrected chi connectivity index (χ0v) is 11.2. The van der Waals surface area contributed by atoms with Gasteiger partial charge >= 0.3 is 5.97 Å². The van der Waals surface area contributed by atoms with Gasteiger partial charge < -0.3 is 20.9 Å². The Kier molecular flexibility index (Phi) is 4.03. The van der Waals surface area contributed by atoms with E-state index in [9.17, 15) is 9.59 Å². The molecule has 0 unspecified atom stereocenters. The molecule has 1 heterocycles. The molecule has 0 saturated heterocycles. The number of hydrogen-bond donors (Lipinski definition) is 3. The number of nitrogens with one attached hydrogen (secondary N) is 1. The zero-order chi connectivity index (χ0) is 15.4. The van der Waals surface area contributed by atoms with Crippen LogP contribution in [0.3, 0.4) is 0 Å². The number of aromatic carboxylic acids is 1. The molecule has 0 aliphatic rings. The summed E-state index contributed by atoms with van der Waals surface area (Å²) in [6.07, 6.45) is 1.16. The minimum absolute atomic E-state index is 0.0366. The van der Waals surface area contributed by atoms with E-state index in [0.29, 0.717) is 11.4 Å². The third kappa shape index (κ3) is 3.27. The smallest absolute Gasteiger partial charge is 0.337 e. The average Bonchev–Trinajstić information content (AvgIpc) is 2.47. The second-order valence-electron chi connectivity index (χ2n) is 4.15. The van der Waals surface area contributed by atoms with Gasteiger partial charge in [0.05, 0.1) is 18.2 Å². The Morgan fingerprint density at radius 3 is 2.62 bits per heavy atom. The van der Waals surface area contributed by atoms with Gasteiger partial charge in [0.25, 0.3) is 5.91 Å². The van der Waals surface area contributed by atoms with Crippen molar-refractivity contribution in [2.45, 2.75) is 0 Å². The topological polar surface area (TPSA) is 115 Å². The summed E-state index contributed by atoms with van der Waals surface area (Å²) in [6.45, 7) is 0. The quantitative estimate of drug-likeness (QED) is 0.736. The van der Waals surface area contributed by atoms with Crippen molar-refractivity contribution in [2.75, 3.05) is 18.2 Å². The maximum absolute atomic E-state index is 12.2. The molecule has 7 heteroatoms. The van der Waals surface area contributed by atoms with Gasteiger partial charge in [0, 0.05) is 11.9 Å². The highest BCUT2D eigenvalue weighted by Gasteiger charge is 2.13. The second-order valence-corrected chi connectivity index (χ2v) is 4.15. The number of methoxy groups -OCH3 is 1. The molecule has 0 saturated carbocycles. The number of amides is 1. The Morgan fingerprint density at radius 2 is 2.05 bits per heavy atom. The van der Waals surface area contributed by atoms with E-state index in [0.717, 1.165) is 6.20 Å². The first kappa shape index (κ1) is 14.3. The van der Waals surface area contributed by atoms with Crippen molar-refractivity contribution in [3.8, 4) is 5.75 Å². The van der Waals surface area contributed by atoms with E-state index in [1.165, 1.54) is 25.3 Å². The van der Waals surface area contributed by atoms with E-state index in [1.54, 1.807) is 12.1 Å². The molecule has 0 aliphatic heterocycles. The van der Waals surface area contributed by atoms with Crippen molar-refractivity contribution in [3.05, 3.63) is 47.7 Å².